The summed E-state index contributed by atoms with van der Waals surface area (Å²) in [5.41, 5.74) is 2.98. The average Bonchev–Trinajstić information content (AvgIpc) is 2.81. The van der Waals surface area contributed by atoms with E-state index in [1.165, 1.54) is 0 Å². The summed E-state index contributed by atoms with van der Waals surface area (Å²) >= 11 is 0. The molecule has 1 aliphatic rings. The highest BCUT2D eigenvalue weighted by Crippen LogP contribution is 2.39. The molecule has 0 atom stereocenters. The van der Waals surface area contributed by atoms with Crippen molar-refractivity contribution in [2.75, 3.05) is 5.32 Å². The summed E-state index contributed by atoms with van der Waals surface area (Å²) in [6.45, 7) is 4.19. The summed E-state index contributed by atoms with van der Waals surface area (Å²) in [6.07, 6.45) is 2.18. The highest BCUT2D eigenvalue weighted by Gasteiger charge is 2.32. The molecule has 0 bridgehead atoms. The van der Waals surface area contributed by atoms with Crippen molar-refractivity contribution in [3.8, 4) is 11.3 Å². The van der Waals surface area contributed by atoms with Gasteiger partial charge < -0.3 is 9.73 Å². The molecule has 3 rings (SSSR count). The number of anilines is 1. The molecule has 1 N–H and O–H groups in total. The number of rotatable bonds is 1. The van der Waals surface area contributed by atoms with Gasteiger partial charge in [-0.1, -0.05) is 13.8 Å². The lowest BCUT2D eigenvalue weighted by molar-refractivity contribution is -0.117. The van der Waals surface area contributed by atoms with E-state index in [0.29, 0.717) is 6.42 Å². The Balaban J connectivity index is 2.13. The minimum absolute atomic E-state index is 0.0817. The van der Waals surface area contributed by atoms with E-state index in [1.54, 1.807) is 6.26 Å². The molecule has 0 saturated carbocycles. The monoisotopic (exact) mass is 241 g/mol. The predicted octanol–water partition coefficient (Wildman–Crippen LogP) is 3.57. The molecule has 1 amide bonds. The molecule has 2 aromatic rings. The smallest absolute Gasteiger partial charge is 0.225 e. The predicted molar refractivity (Wildman–Crippen MR) is 70.4 cm³/mol. The Morgan fingerprint density at radius 3 is 2.83 bits per heavy atom. The first-order valence-electron chi connectivity index (χ1n) is 6.04. The van der Waals surface area contributed by atoms with Crippen LogP contribution in [0, 0.1) is 0 Å². The molecule has 3 nitrogen and oxygen atoms in total. The van der Waals surface area contributed by atoms with E-state index in [9.17, 15) is 4.79 Å². The van der Waals surface area contributed by atoms with E-state index < -0.39 is 0 Å². The van der Waals surface area contributed by atoms with Crippen molar-refractivity contribution >= 4 is 11.6 Å². The summed E-state index contributed by atoms with van der Waals surface area (Å²) in [4.78, 5) is 11.6. The number of carbonyl (C=O) groups is 1. The molecule has 1 aliphatic heterocycles. The van der Waals surface area contributed by atoms with Crippen LogP contribution in [0.4, 0.5) is 5.69 Å². The Morgan fingerprint density at radius 2 is 2.11 bits per heavy atom. The number of hydrogen-bond donors (Lipinski definition) is 1. The number of furan rings is 1. The van der Waals surface area contributed by atoms with Crippen molar-refractivity contribution in [1.82, 2.24) is 0 Å². The van der Waals surface area contributed by atoms with Crippen LogP contribution in [0.3, 0.4) is 0 Å². The number of amides is 1. The maximum absolute atomic E-state index is 11.6. The molecule has 0 fully saturated rings. The Labute approximate surface area is 106 Å². The average molecular weight is 241 g/mol. The largest absolute Gasteiger partial charge is 0.464 e. The molecule has 1 aromatic carbocycles. The van der Waals surface area contributed by atoms with Gasteiger partial charge in [0.1, 0.15) is 5.76 Å². The van der Waals surface area contributed by atoms with Crippen molar-refractivity contribution in [3.63, 3.8) is 0 Å². The fourth-order valence-corrected chi connectivity index (χ4v) is 2.50. The van der Waals surface area contributed by atoms with E-state index in [4.69, 9.17) is 4.42 Å². The van der Waals surface area contributed by atoms with Gasteiger partial charge in [0.2, 0.25) is 5.91 Å². The molecule has 0 saturated heterocycles. The Kier molecular flexibility index (Phi) is 2.30. The maximum atomic E-state index is 11.6. The molecule has 18 heavy (non-hydrogen) atoms. The SMILES string of the molecule is CC1(C)CC(=O)Nc2ccc(-c3ccco3)cc21. The lowest BCUT2D eigenvalue weighted by Crippen LogP contribution is -2.32. The number of fused-ring (bicyclic) bond motifs is 1. The van der Waals surface area contributed by atoms with Gasteiger partial charge in [-0.25, -0.2) is 0 Å². The number of hydrogen-bond acceptors (Lipinski definition) is 2. The lowest BCUT2D eigenvalue weighted by Gasteiger charge is -2.32. The summed E-state index contributed by atoms with van der Waals surface area (Å²) in [5, 5.41) is 2.92. The molecule has 0 aliphatic carbocycles. The molecule has 1 aromatic heterocycles. The van der Waals surface area contributed by atoms with Crippen molar-refractivity contribution in [2.24, 2.45) is 0 Å². The third-order valence-electron chi connectivity index (χ3n) is 3.43. The molecular formula is C15H15NO2. The topological polar surface area (TPSA) is 42.2 Å². The van der Waals surface area contributed by atoms with E-state index >= 15 is 0 Å². The molecule has 0 radical (unpaired) electrons. The van der Waals surface area contributed by atoms with E-state index in [1.807, 2.05) is 24.3 Å². The minimum Gasteiger partial charge on any atom is -0.464 e. The van der Waals surface area contributed by atoms with Gasteiger partial charge in [-0.05, 0) is 35.9 Å². The summed E-state index contributed by atoms with van der Waals surface area (Å²) in [7, 11) is 0. The van der Waals surface area contributed by atoms with Gasteiger partial charge >= 0.3 is 0 Å². The van der Waals surface area contributed by atoms with Crippen LogP contribution in [0.5, 0.6) is 0 Å². The first-order chi connectivity index (χ1) is 8.56. The van der Waals surface area contributed by atoms with Gasteiger partial charge in [-0.2, -0.15) is 0 Å². The van der Waals surface area contributed by atoms with Gasteiger partial charge in [-0.3, -0.25) is 4.79 Å². The summed E-state index contributed by atoms with van der Waals surface area (Å²) in [5.74, 6) is 0.934. The second kappa shape index (κ2) is 3.73. The zero-order valence-electron chi connectivity index (χ0n) is 10.5. The number of nitrogens with one attached hydrogen (secondary N) is 1. The zero-order chi connectivity index (χ0) is 12.8. The number of benzene rings is 1. The Bertz CT molecular complexity index is 597. The van der Waals surface area contributed by atoms with Crippen LogP contribution in [0.2, 0.25) is 0 Å². The third kappa shape index (κ3) is 1.72. The zero-order valence-corrected chi connectivity index (χ0v) is 10.5. The summed E-state index contributed by atoms with van der Waals surface area (Å²) in [6, 6.07) is 9.84. The highest BCUT2D eigenvalue weighted by molar-refractivity contribution is 5.95. The van der Waals surface area contributed by atoms with Crippen LogP contribution in [0.25, 0.3) is 11.3 Å². The van der Waals surface area contributed by atoms with Crippen molar-refractivity contribution in [1.29, 1.82) is 0 Å². The molecule has 92 valence electrons. The standard InChI is InChI=1S/C15H15NO2/c1-15(2)9-14(17)16-12-6-5-10(8-11(12)15)13-4-3-7-18-13/h3-8H,9H2,1-2H3,(H,16,17). The van der Waals surface area contributed by atoms with E-state index in [2.05, 4.69) is 25.2 Å². The second-order valence-electron chi connectivity index (χ2n) is 5.35. The van der Waals surface area contributed by atoms with Gasteiger partial charge in [-0.15, -0.1) is 0 Å². The fraction of sp³-hybridized carbons (Fsp3) is 0.267. The van der Waals surface area contributed by atoms with Crippen LogP contribution < -0.4 is 5.32 Å². The van der Waals surface area contributed by atoms with Crippen molar-refractivity contribution in [3.05, 3.63) is 42.2 Å². The van der Waals surface area contributed by atoms with Gasteiger partial charge in [0.25, 0.3) is 0 Å². The maximum Gasteiger partial charge on any atom is 0.225 e. The molecule has 0 spiro atoms. The van der Waals surface area contributed by atoms with Crippen LogP contribution >= 0.6 is 0 Å². The van der Waals surface area contributed by atoms with Crippen LogP contribution in [0.15, 0.2) is 41.0 Å². The first kappa shape index (κ1) is 11.1. The second-order valence-corrected chi connectivity index (χ2v) is 5.35. The first-order valence-corrected chi connectivity index (χ1v) is 6.04. The highest BCUT2D eigenvalue weighted by atomic mass is 16.3. The molecule has 3 heteroatoms. The normalized spacial score (nSPS) is 17.1. The quantitative estimate of drug-likeness (QED) is 0.829. The van der Waals surface area contributed by atoms with E-state index in [-0.39, 0.29) is 11.3 Å². The molecule has 2 heterocycles. The molecular weight excluding hydrogens is 226 g/mol. The fourth-order valence-electron chi connectivity index (χ4n) is 2.50. The van der Waals surface area contributed by atoms with Crippen LogP contribution in [-0.2, 0) is 10.2 Å². The third-order valence-corrected chi connectivity index (χ3v) is 3.43. The van der Waals surface area contributed by atoms with Crippen molar-refractivity contribution < 1.29 is 9.21 Å². The van der Waals surface area contributed by atoms with Crippen LogP contribution in [-0.4, -0.2) is 5.91 Å². The lowest BCUT2D eigenvalue weighted by atomic mass is 9.77. The Morgan fingerprint density at radius 1 is 1.28 bits per heavy atom. The summed E-state index contributed by atoms with van der Waals surface area (Å²) < 4.78 is 5.41. The Hall–Kier alpha value is -2.03. The van der Waals surface area contributed by atoms with Gasteiger partial charge in [0, 0.05) is 23.1 Å². The van der Waals surface area contributed by atoms with Gasteiger partial charge in [0.15, 0.2) is 0 Å². The minimum atomic E-state index is -0.139. The van der Waals surface area contributed by atoms with Gasteiger partial charge in [0.05, 0.1) is 6.26 Å². The van der Waals surface area contributed by atoms with Crippen molar-refractivity contribution in [2.45, 2.75) is 25.7 Å². The van der Waals surface area contributed by atoms with E-state index in [0.717, 1.165) is 22.6 Å². The van der Waals surface area contributed by atoms with Crippen LogP contribution in [0.1, 0.15) is 25.8 Å². The number of carbonyl (C=O) groups excluding carboxylic acids is 1. The molecule has 0 unspecified atom stereocenters.